The summed E-state index contributed by atoms with van der Waals surface area (Å²) in [6, 6.07) is 18.3. The summed E-state index contributed by atoms with van der Waals surface area (Å²) in [5.74, 6) is -0.766. The van der Waals surface area contributed by atoms with E-state index in [1.807, 2.05) is 31.2 Å². The molecule has 0 fully saturated rings. The highest BCUT2D eigenvalue weighted by molar-refractivity contribution is 7.92. The summed E-state index contributed by atoms with van der Waals surface area (Å²) in [5, 5.41) is 2.66. The minimum atomic E-state index is -3.78. The molecule has 1 aliphatic heterocycles. The molecule has 35 heavy (non-hydrogen) atoms. The fourth-order valence-electron chi connectivity index (χ4n) is 3.96. The molecule has 182 valence electrons. The van der Waals surface area contributed by atoms with Crippen molar-refractivity contribution in [3.63, 3.8) is 0 Å². The van der Waals surface area contributed by atoms with Gasteiger partial charge in [-0.2, -0.15) is 0 Å². The van der Waals surface area contributed by atoms with Crippen molar-refractivity contribution in [3.05, 3.63) is 83.4 Å². The smallest absolute Gasteiger partial charge is 0.338 e. The van der Waals surface area contributed by atoms with Crippen LogP contribution in [0, 0.1) is 6.92 Å². The number of sulfonamides is 1. The average molecular weight is 495 g/mol. The van der Waals surface area contributed by atoms with Crippen LogP contribution in [0.15, 0.2) is 71.6 Å². The van der Waals surface area contributed by atoms with Crippen LogP contribution in [0.2, 0.25) is 0 Å². The third kappa shape index (κ3) is 5.30. The first kappa shape index (κ1) is 24.3. The maximum Gasteiger partial charge on any atom is 0.338 e. The topological polar surface area (TPSA) is 102 Å². The normalized spacial score (nSPS) is 13.0. The van der Waals surface area contributed by atoms with E-state index in [2.05, 4.69) is 5.32 Å². The predicted molar refractivity (Wildman–Crippen MR) is 132 cm³/mol. The maximum atomic E-state index is 13.2. The first-order chi connectivity index (χ1) is 16.8. The number of aryl methyl sites for hydroxylation is 2. The van der Waals surface area contributed by atoms with Crippen LogP contribution < -0.4 is 14.4 Å². The van der Waals surface area contributed by atoms with Gasteiger partial charge < -0.3 is 14.8 Å². The molecule has 0 unspecified atom stereocenters. The van der Waals surface area contributed by atoms with E-state index in [1.165, 1.54) is 35.7 Å². The van der Waals surface area contributed by atoms with Crippen LogP contribution in [0.3, 0.4) is 0 Å². The number of benzene rings is 3. The van der Waals surface area contributed by atoms with Crippen LogP contribution >= 0.6 is 0 Å². The molecular weight excluding hydrogens is 468 g/mol. The molecule has 0 atom stereocenters. The number of nitrogens with one attached hydrogen (secondary N) is 1. The zero-order valence-corrected chi connectivity index (χ0v) is 20.3. The summed E-state index contributed by atoms with van der Waals surface area (Å²) in [6.45, 7) is 1.77. The lowest BCUT2D eigenvalue weighted by Crippen LogP contribution is -2.35. The molecule has 0 aliphatic carbocycles. The Balaban J connectivity index is 1.40. The molecule has 9 heteroatoms. The second-order valence-corrected chi connectivity index (χ2v) is 10.0. The lowest BCUT2D eigenvalue weighted by Gasteiger charge is -2.30. The van der Waals surface area contributed by atoms with E-state index in [0.717, 1.165) is 24.0 Å². The van der Waals surface area contributed by atoms with Gasteiger partial charge in [-0.05, 0) is 73.4 Å². The first-order valence-electron chi connectivity index (χ1n) is 11.1. The van der Waals surface area contributed by atoms with Gasteiger partial charge in [-0.1, -0.05) is 24.3 Å². The van der Waals surface area contributed by atoms with E-state index in [0.29, 0.717) is 23.7 Å². The van der Waals surface area contributed by atoms with Crippen molar-refractivity contribution >= 4 is 33.3 Å². The monoisotopic (exact) mass is 494 g/mol. The molecule has 4 rings (SSSR count). The number of nitrogens with zero attached hydrogens (tertiary/aromatic N) is 1. The molecule has 1 N–H and O–H groups in total. The van der Waals surface area contributed by atoms with E-state index < -0.39 is 28.5 Å². The van der Waals surface area contributed by atoms with Crippen LogP contribution in [0.25, 0.3) is 0 Å². The molecule has 0 spiro atoms. The minimum absolute atomic E-state index is 0.0787. The Morgan fingerprint density at radius 1 is 1.03 bits per heavy atom. The van der Waals surface area contributed by atoms with Crippen molar-refractivity contribution in [2.75, 3.05) is 29.9 Å². The van der Waals surface area contributed by atoms with Crippen molar-refractivity contribution in [2.45, 2.75) is 24.7 Å². The van der Waals surface area contributed by atoms with Gasteiger partial charge in [-0.25, -0.2) is 13.2 Å². The standard InChI is InChI=1S/C26H26N2O6S/c1-18-9-14-24(33-2)22(16-18)27-25(29)17-34-26(30)20-10-12-21(13-11-20)35(31,32)28-15-5-7-19-6-3-4-8-23(19)28/h3-4,6,8-14,16H,5,7,15,17H2,1-2H3,(H,27,29). The number of carbonyl (C=O) groups excluding carboxylic acids is 2. The maximum absolute atomic E-state index is 13.2. The largest absolute Gasteiger partial charge is 0.495 e. The average Bonchev–Trinajstić information content (AvgIpc) is 2.87. The van der Waals surface area contributed by atoms with E-state index in [-0.39, 0.29) is 10.5 Å². The zero-order valence-electron chi connectivity index (χ0n) is 19.5. The minimum Gasteiger partial charge on any atom is -0.495 e. The second kappa shape index (κ2) is 10.2. The Hall–Kier alpha value is -3.85. The fourth-order valence-corrected chi connectivity index (χ4v) is 5.50. The SMILES string of the molecule is COc1ccc(C)cc1NC(=O)COC(=O)c1ccc(S(=O)(=O)N2CCCc3ccccc32)cc1. The van der Waals surface area contributed by atoms with Crippen LogP contribution in [0.5, 0.6) is 5.75 Å². The van der Waals surface area contributed by atoms with Gasteiger partial charge in [-0.3, -0.25) is 9.10 Å². The molecule has 1 amide bonds. The first-order valence-corrected chi connectivity index (χ1v) is 12.6. The molecular formula is C26H26N2O6S. The fraction of sp³-hybridized carbons (Fsp3) is 0.231. The second-order valence-electron chi connectivity index (χ2n) is 8.16. The molecule has 0 saturated heterocycles. The highest BCUT2D eigenvalue weighted by atomic mass is 32.2. The third-order valence-corrected chi connectivity index (χ3v) is 7.54. The molecule has 8 nitrogen and oxygen atoms in total. The Morgan fingerprint density at radius 2 is 1.77 bits per heavy atom. The number of hydrogen-bond donors (Lipinski definition) is 1. The molecule has 0 aromatic heterocycles. The van der Waals surface area contributed by atoms with Crippen LogP contribution in [-0.4, -0.2) is 40.6 Å². The van der Waals surface area contributed by atoms with Gasteiger partial charge >= 0.3 is 5.97 Å². The molecule has 0 saturated carbocycles. The number of fused-ring (bicyclic) bond motifs is 1. The van der Waals surface area contributed by atoms with Gasteiger partial charge in [0.1, 0.15) is 5.75 Å². The Morgan fingerprint density at radius 3 is 2.51 bits per heavy atom. The quantitative estimate of drug-likeness (QED) is 0.499. The van der Waals surface area contributed by atoms with Gasteiger partial charge in [0.05, 0.1) is 28.9 Å². The number of amides is 1. The summed E-state index contributed by atoms with van der Waals surface area (Å²) in [4.78, 5) is 24.8. The lowest BCUT2D eigenvalue weighted by molar-refractivity contribution is -0.119. The van der Waals surface area contributed by atoms with Crippen LogP contribution in [-0.2, 0) is 26.0 Å². The molecule has 0 radical (unpaired) electrons. The number of anilines is 2. The highest BCUT2D eigenvalue weighted by Gasteiger charge is 2.29. The number of hydrogen-bond acceptors (Lipinski definition) is 6. The lowest BCUT2D eigenvalue weighted by atomic mass is 10.0. The van der Waals surface area contributed by atoms with Gasteiger partial charge in [0.15, 0.2) is 6.61 Å². The number of methoxy groups -OCH3 is 1. The van der Waals surface area contributed by atoms with Gasteiger partial charge in [0, 0.05) is 6.54 Å². The van der Waals surface area contributed by atoms with Gasteiger partial charge in [0.2, 0.25) is 0 Å². The van der Waals surface area contributed by atoms with E-state index in [9.17, 15) is 18.0 Å². The Kier molecular flexibility index (Phi) is 7.07. The van der Waals surface area contributed by atoms with Crippen molar-refractivity contribution in [1.29, 1.82) is 0 Å². The van der Waals surface area contributed by atoms with Crippen molar-refractivity contribution in [1.82, 2.24) is 0 Å². The molecule has 1 aliphatic rings. The number of ether oxygens (including phenoxy) is 2. The van der Waals surface area contributed by atoms with E-state index in [4.69, 9.17) is 9.47 Å². The van der Waals surface area contributed by atoms with E-state index >= 15 is 0 Å². The Bertz CT molecular complexity index is 1350. The molecule has 0 bridgehead atoms. The number of rotatable bonds is 7. The Labute approximate surface area is 204 Å². The number of esters is 1. The predicted octanol–water partition coefficient (Wildman–Crippen LogP) is 3.94. The highest BCUT2D eigenvalue weighted by Crippen LogP contribution is 2.32. The molecule has 1 heterocycles. The third-order valence-electron chi connectivity index (χ3n) is 5.71. The van der Waals surface area contributed by atoms with E-state index in [1.54, 1.807) is 18.2 Å². The van der Waals surface area contributed by atoms with Crippen molar-refractivity contribution in [3.8, 4) is 5.75 Å². The van der Waals surface area contributed by atoms with Crippen molar-refractivity contribution in [2.24, 2.45) is 0 Å². The summed E-state index contributed by atoms with van der Waals surface area (Å²) < 4.78 is 38.2. The summed E-state index contributed by atoms with van der Waals surface area (Å²) in [5.41, 5.74) is 3.22. The van der Waals surface area contributed by atoms with Gasteiger partial charge in [-0.15, -0.1) is 0 Å². The summed E-state index contributed by atoms with van der Waals surface area (Å²) in [6.07, 6.45) is 1.56. The van der Waals surface area contributed by atoms with Crippen LogP contribution in [0.4, 0.5) is 11.4 Å². The number of para-hydroxylation sites is 1. The van der Waals surface area contributed by atoms with Crippen molar-refractivity contribution < 1.29 is 27.5 Å². The molecule has 3 aromatic carbocycles. The zero-order chi connectivity index (χ0) is 25.0. The summed E-state index contributed by atoms with van der Waals surface area (Å²) in [7, 11) is -2.29. The van der Waals surface area contributed by atoms with Gasteiger partial charge in [0.25, 0.3) is 15.9 Å². The molecule has 3 aromatic rings. The van der Waals surface area contributed by atoms with Crippen LogP contribution in [0.1, 0.15) is 27.9 Å². The summed E-state index contributed by atoms with van der Waals surface area (Å²) >= 11 is 0. The number of carbonyl (C=O) groups is 2.